The monoisotopic (exact) mass is 353 g/mol. The Hall–Kier alpha value is -1.92. The number of rotatable bonds is 3. The van der Waals surface area contributed by atoms with Crippen LogP contribution in [0.4, 0.5) is 5.69 Å². The van der Waals surface area contributed by atoms with Gasteiger partial charge in [0.05, 0.1) is 16.1 Å². The van der Waals surface area contributed by atoms with Gasteiger partial charge in [0.2, 0.25) is 5.91 Å². The van der Waals surface area contributed by atoms with E-state index in [-0.39, 0.29) is 16.5 Å². The number of nitrogens with one attached hydrogen (secondary N) is 1. The van der Waals surface area contributed by atoms with Crippen LogP contribution in [0.1, 0.15) is 20.7 Å². The molecule has 0 atom stereocenters. The van der Waals surface area contributed by atoms with Gasteiger partial charge >= 0.3 is 0 Å². The van der Waals surface area contributed by atoms with Gasteiger partial charge < -0.3 is 11.1 Å². The number of aromatic nitrogens is 1. The molecule has 20 heavy (non-hydrogen) atoms. The highest BCUT2D eigenvalue weighted by atomic mass is 79.9. The SMILES string of the molecule is NC(=O)c1ccc(NC(=O)c2cccnc2Br)cc1Cl. The zero-order valence-electron chi connectivity index (χ0n) is 10.1. The third-order valence-corrected chi connectivity index (χ3v) is 3.44. The maximum Gasteiger partial charge on any atom is 0.258 e. The molecule has 0 saturated carbocycles. The van der Waals surface area contributed by atoms with Crippen LogP contribution in [-0.2, 0) is 0 Å². The molecule has 0 radical (unpaired) electrons. The number of nitrogens with zero attached hydrogens (tertiary/aromatic N) is 1. The van der Waals surface area contributed by atoms with Crippen LogP contribution in [-0.4, -0.2) is 16.8 Å². The minimum atomic E-state index is -0.622. The number of amides is 2. The second-order valence-electron chi connectivity index (χ2n) is 3.85. The summed E-state index contributed by atoms with van der Waals surface area (Å²) in [5.41, 5.74) is 6.20. The molecule has 2 amide bonds. The van der Waals surface area contributed by atoms with Crippen molar-refractivity contribution < 1.29 is 9.59 Å². The number of anilines is 1. The Bertz CT molecular complexity index is 691. The fourth-order valence-corrected chi connectivity index (χ4v) is 2.25. The largest absolute Gasteiger partial charge is 0.366 e. The normalized spacial score (nSPS) is 10.1. The highest BCUT2D eigenvalue weighted by molar-refractivity contribution is 9.10. The molecule has 102 valence electrons. The van der Waals surface area contributed by atoms with Crippen LogP contribution in [0.25, 0.3) is 0 Å². The molecule has 0 saturated heterocycles. The summed E-state index contributed by atoms with van der Waals surface area (Å²) in [6.07, 6.45) is 1.57. The van der Waals surface area contributed by atoms with E-state index in [4.69, 9.17) is 17.3 Å². The third-order valence-electron chi connectivity index (χ3n) is 2.50. The molecule has 0 aliphatic heterocycles. The summed E-state index contributed by atoms with van der Waals surface area (Å²) in [5.74, 6) is -0.962. The number of carbonyl (C=O) groups excluding carboxylic acids is 2. The van der Waals surface area contributed by atoms with Crippen molar-refractivity contribution in [3.05, 3.63) is 57.3 Å². The van der Waals surface area contributed by atoms with E-state index in [1.54, 1.807) is 24.4 Å². The first-order valence-corrected chi connectivity index (χ1v) is 6.67. The summed E-state index contributed by atoms with van der Waals surface area (Å²) in [7, 11) is 0. The predicted molar refractivity (Wildman–Crippen MR) is 79.9 cm³/mol. The summed E-state index contributed by atoms with van der Waals surface area (Å²) >= 11 is 9.11. The fourth-order valence-electron chi connectivity index (χ4n) is 1.55. The van der Waals surface area contributed by atoms with Crippen molar-refractivity contribution in [1.82, 2.24) is 4.98 Å². The maximum atomic E-state index is 12.0. The first-order valence-electron chi connectivity index (χ1n) is 5.50. The minimum Gasteiger partial charge on any atom is -0.366 e. The third kappa shape index (κ3) is 3.15. The lowest BCUT2D eigenvalue weighted by Crippen LogP contribution is -2.14. The summed E-state index contributed by atoms with van der Waals surface area (Å²) < 4.78 is 0.442. The summed E-state index contributed by atoms with van der Waals surface area (Å²) in [6, 6.07) is 7.76. The van der Waals surface area contributed by atoms with E-state index in [9.17, 15) is 9.59 Å². The van der Waals surface area contributed by atoms with Crippen LogP contribution in [0, 0.1) is 0 Å². The molecule has 3 N–H and O–H groups in total. The highest BCUT2D eigenvalue weighted by Crippen LogP contribution is 2.22. The molecule has 1 heterocycles. The van der Waals surface area contributed by atoms with Gasteiger partial charge in [-0.2, -0.15) is 0 Å². The van der Waals surface area contributed by atoms with Crippen molar-refractivity contribution in [3.8, 4) is 0 Å². The lowest BCUT2D eigenvalue weighted by molar-refractivity contribution is 0.0998. The Labute approximate surface area is 128 Å². The zero-order valence-corrected chi connectivity index (χ0v) is 12.4. The van der Waals surface area contributed by atoms with Gasteiger partial charge in [0, 0.05) is 11.9 Å². The second kappa shape index (κ2) is 6.02. The molecule has 0 unspecified atom stereocenters. The van der Waals surface area contributed by atoms with Crippen LogP contribution >= 0.6 is 27.5 Å². The molecule has 0 aliphatic carbocycles. The van der Waals surface area contributed by atoms with Gasteiger partial charge in [0.25, 0.3) is 5.91 Å². The second-order valence-corrected chi connectivity index (χ2v) is 5.01. The molecule has 7 heteroatoms. The van der Waals surface area contributed by atoms with Gasteiger partial charge in [-0.15, -0.1) is 0 Å². The van der Waals surface area contributed by atoms with E-state index in [1.807, 2.05) is 0 Å². The van der Waals surface area contributed by atoms with Crippen LogP contribution < -0.4 is 11.1 Å². The number of primary amides is 1. The van der Waals surface area contributed by atoms with Gasteiger partial charge in [-0.25, -0.2) is 4.98 Å². The van der Waals surface area contributed by atoms with Crippen molar-refractivity contribution in [2.75, 3.05) is 5.32 Å². The summed E-state index contributed by atoms with van der Waals surface area (Å²) in [5, 5.41) is 2.84. The van der Waals surface area contributed by atoms with Crippen LogP contribution in [0.5, 0.6) is 0 Å². The van der Waals surface area contributed by atoms with Crippen LogP contribution in [0.2, 0.25) is 5.02 Å². The van der Waals surface area contributed by atoms with E-state index < -0.39 is 5.91 Å². The summed E-state index contributed by atoms with van der Waals surface area (Å²) in [4.78, 5) is 27.1. The highest BCUT2D eigenvalue weighted by Gasteiger charge is 2.12. The van der Waals surface area contributed by atoms with E-state index in [0.717, 1.165) is 0 Å². The van der Waals surface area contributed by atoms with Gasteiger partial charge in [-0.05, 0) is 46.3 Å². The standard InChI is InChI=1S/C13H9BrClN3O2/c14-11-9(2-1-5-17-11)13(20)18-7-3-4-8(12(16)19)10(15)6-7/h1-6H,(H2,16,19)(H,18,20). The van der Waals surface area contributed by atoms with Gasteiger partial charge in [-0.1, -0.05) is 11.6 Å². The van der Waals surface area contributed by atoms with Crippen molar-refractivity contribution in [2.24, 2.45) is 5.73 Å². The summed E-state index contributed by atoms with van der Waals surface area (Å²) in [6.45, 7) is 0. The molecule has 0 bridgehead atoms. The smallest absolute Gasteiger partial charge is 0.258 e. The molecule has 2 rings (SSSR count). The maximum absolute atomic E-state index is 12.0. The van der Waals surface area contributed by atoms with E-state index in [2.05, 4.69) is 26.2 Å². The Morgan fingerprint density at radius 1 is 1.25 bits per heavy atom. The van der Waals surface area contributed by atoms with Crippen molar-refractivity contribution in [2.45, 2.75) is 0 Å². The molecule has 0 fully saturated rings. The quantitative estimate of drug-likeness (QED) is 0.831. The topological polar surface area (TPSA) is 85.1 Å². The van der Waals surface area contributed by atoms with E-state index in [1.165, 1.54) is 12.1 Å². The predicted octanol–water partition coefficient (Wildman–Crippen LogP) is 2.85. The zero-order chi connectivity index (χ0) is 14.7. The van der Waals surface area contributed by atoms with E-state index in [0.29, 0.717) is 15.9 Å². The molecule has 1 aromatic carbocycles. The number of hydrogen-bond donors (Lipinski definition) is 2. The van der Waals surface area contributed by atoms with Gasteiger partial charge in [0.15, 0.2) is 0 Å². The van der Waals surface area contributed by atoms with Crippen molar-refractivity contribution >= 4 is 45.0 Å². The first kappa shape index (κ1) is 14.5. The Morgan fingerprint density at radius 3 is 2.60 bits per heavy atom. The van der Waals surface area contributed by atoms with Crippen LogP contribution in [0.15, 0.2) is 41.1 Å². The molecule has 0 aliphatic rings. The molecule has 1 aromatic heterocycles. The molecule has 5 nitrogen and oxygen atoms in total. The number of benzene rings is 1. The Morgan fingerprint density at radius 2 is 2.00 bits per heavy atom. The van der Waals surface area contributed by atoms with Crippen molar-refractivity contribution in [1.29, 1.82) is 0 Å². The number of carbonyl (C=O) groups is 2. The number of halogens is 2. The van der Waals surface area contributed by atoms with Crippen molar-refractivity contribution in [3.63, 3.8) is 0 Å². The van der Waals surface area contributed by atoms with Gasteiger partial charge in [-0.3, -0.25) is 9.59 Å². The van der Waals surface area contributed by atoms with Crippen LogP contribution in [0.3, 0.4) is 0 Å². The van der Waals surface area contributed by atoms with Gasteiger partial charge in [0.1, 0.15) is 4.60 Å². The lowest BCUT2D eigenvalue weighted by atomic mass is 10.2. The lowest BCUT2D eigenvalue weighted by Gasteiger charge is -2.08. The number of pyridine rings is 1. The number of hydrogen-bond acceptors (Lipinski definition) is 3. The molecule has 2 aromatic rings. The minimum absolute atomic E-state index is 0.181. The Balaban J connectivity index is 2.23. The first-order chi connectivity index (χ1) is 9.49. The molecular formula is C13H9BrClN3O2. The average molecular weight is 355 g/mol. The Kier molecular flexibility index (Phi) is 4.36. The van der Waals surface area contributed by atoms with E-state index >= 15 is 0 Å². The molecule has 0 spiro atoms. The average Bonchev–Trinajstić information content (AvgIpc) is 2.38. The number of nitrogens with two attached hydrogens (primary N) is 1. The molecular weight excluding hydrogens is 346 g/mol. The fraction of sp³-hybridized carbons (Fsp3) is 0.